The second kappa shape index (κ2) is 12.1. The average Bonchev–Trinajstić information content (AvgIpc) is 3.19. The van der Waals surface area contributed by atoms with Crippen molar-refractivity contribution in [1.82, 2.24) is 15.2 Å². The van der Waals surface area contributed by atoms with Gasteiger partial charge in [0.15, 0.2) is 5.75 Å². The summed E-state index contributed by atoms with van der Waals surface area (Å²) in [5.41, 5.74) is -4.74. The summed E-state index contributed by atoms with van der Waals surface area (Å²) >= 11 is 0. The second-order valence-electron chi connectivity index (χ2n) is 9.53. The molecule has 0 spiro atoms. The average molecular weight is 596 g/mol. The molecular formula is C25H28F7N5O4. The Morgan fingerprint density at radius 1 is 1.15 bits per heavy atom. The van der Waals surface area contributed by atoms with Gasteiger partial charge in [0.2, 0.25) is 0 Å². The Kier molecular flexibility index (Phi) is 9.37. The third-order valence-corrected chi connectivity index (χ3v) is 6.11. The number of aliphatic hydroxyl groups is 1. The molecule has 9 nitrogen and oxygen atoms in total. The van der Waals surface area contributed by atoms with Gasteiger partial charge in [0, 0.05) is 32.2 Å². The summed E-state index contributed by atoms with van der Waals surface area (Å²) < 4.78 is 102. The number of rotatable bonds is 8. The molecule has 0 bridgehead atoms. The van der Waals surface area contributed by atoms with Crippen LogP contribution in [0.25, 0.3) is 0 Å². The number of urea groups is 1. The van der Waals surface area contributed by atoms with Crippen molar-refractivity contribution in [2.24, 2.45) is 0 Å². The van der Waals surface area contributed by atoms with Gasteiger partial charge in [0.25, 0.3) is 0 Å². The largest absolute Gasteiger partial charge is 0.421 e. The van der Waals surface area contributed by atoms with Crippen LogP contribution in [0, 0.1) is 12.7 Å². The fourth-order valence-electron chi connectivity index (χ4n) is 4.20. The van der Waals surface area contributed by atoms with Crippen molar-refractivity contribution in [2.75, 3.05) is 43.0 Å². The summed E-state index contributed by atoms with van der Waals surface area (Å²) in [6.07, 6.45) is -13.2. The number of nitrogens with one attached hydrogen (secondary N) is 1. The Bertz CT molecular complexity index is 1290. The molecule has 1 aliphatic rings. The van der Waals surface area contributed by atoms with Crippen LogP contribution in [0.3, 0.4) is 0 Å². The summed E-state index contributed by atoms with van der Waals surface area (Å²) in [6, 6.07) is 0.349. The van der Waals surface area contributed by atoms with E-state index in [2.05, 4.69) is 10.3 Å². The fourth-order valence-corrected chi connectivity index (χ4v) is 4.20. The quantitative estimate of drug-likeness (QED) is 0.426. The first-order valence-corrected chi connectivity index (χ1v) is 12.3. The SMILES string of the molecule is CNCC(O)CN1CCN(c2cc(C(F)(F)F)cc(C(F)(F)F)c2OC(=O)N(c2ccc(F)c(C)n2)C(C)C)C1=O. The highest BCUT2D eigenvalue weighted by atomic mass is 19.4. The molecule has 1 aromatic carbocycles. The molecule has 0 radical (unpaired) electrons. The third-order valence-electron chi connectivity index (χ3n) is 6.11. The van der Waals surface area contributed by atoms with Gasteiger partial charge in [0.1, 0.15) is 17.2 Å². The smallest absolute Gasteiger partial charge is 0.407 e. The van der Waals surface area contributed by atoms with E-state index in [9.17, 15) is 45.4 Å². The lowest BCUT2D eigenvalue weighted by atomic mass is 10.1. The normalized spacial score (nSPS) is 15.1. The van der Waals surface area contributed by atoms with Crippen molar-refractivity contribution in [1.29, 1.82) is 0 Å². The molecule has 0 aliphatic carbocycles. The molecule has 0 saturated carbocycles. The van der Waals surface area contributed by atoms with Crippen LogP contribution >= 0.6 is 0 Å². The van der Waals surface area contributed by atoms with Crippen molar-refractivity contribution < 1.29 is 50.2 Å². The second-order valence-corrected chi connectivity index (χ2v) is 9.53. The highest BCUT2D eigenvalue weighted by molar-refractivity contribution is 5.97. The van der Waals surface area contributed by atoms with Crippen molar-refractivity contribution >= 4 is 23.6 Å². The van der Waals surface area contributed by atoms with E-state index in [1.165, 1.54) is 27.8 Å². The van der Waals surface area contributed by atoms with Gasteiger partial charge < -0.3 is 20.1 Å². The van der Waals surface area contributed by atoms with E-state index in [1.807, 2.05) is 0 Å². The molecular weight excluding hydrogens is 567 g/mol. The minimum Gasteiger partial charge on any atom is -0.407 e. The number of ether oxygens (including phenoxy) is 1. The van der Waals surface area contributed by atoms with Crippen molar-refractivity contribution in [2.45, 2.75) is 45.3 Å². The van der Waals surface area contributed by atoms with Crippen LogP contribution in [-0.4, -0.2) is 72.5 Å². The molecule has 2 N–H and O–H groups in total. The lowest BCUT2D eigenvalue weighted by molar-refractivity contribution is -0.143. The third kappa shape index (κ3) is 7.16. The van der Waals surface area contributed by atoms with Gasteiger partial charge in [-0.25, -0.2) is 19.0 Å². The van der Waals surface area contributed by atoms with Gasteiger partial charge in [-0.05, 0) is 52.1 Å². The Morgan fingerprint density at radius 2 is 1.80 bits per heavy atom. The van der Waals surface area contributed by atoms with Crippen LogP contribution in [-0.2, 0) is 12.4 Å². The molecule has 41 heavy (non-hydrogen) atoms. The van der Waals surface area contributed by atoms with Crippen LogP contribution < -0.4 is 19.9 Å². The monoisotopic (exact) mass is 595 g/mol. The van der Waals surface area contributed by atoms with Crippen LogP contribution in [0.1, 0.15) is 30.7 Å². The summed E-state index contributed by atoms with van der Waals surface area (Å²) in [7, 11) is 1.53. The maximum absolute atomic E-state index is 14.2. The van der Waals surface area contributed by atoms with Crippen molar-refractivity contribution in [3.05, 3.63) is 46.9 Å². The molecule has 1 aromatic heterocycles. The number of carbonyl (C=O) groups excluding carboxylic acids is 2. The predicted molar refractivity (Wildman–Crippen MR) is 133 cm³/mol. The van der Waals surface area contributed by atoms with Gasteiger partial charge >= 0.3 is 24.5 Å². The first-order valence-electron chi connectivity index (χ1n) is 12.3. The highest BCUT2D eigenvalue weighted by Gasteiger charge is 2.44. The van der Waals surface area contributed by atoms with Crippen LogP contribution in [0.5, 0.6) is 5.75 Å². The Labute approximate surface area is 230 Å². The molecule has 3 rings (SSSR count). The van der Waals surface area contributed by atoms with Gasteiger partial charge in [-0.2, -0.15) is 26.3 Å². The van der Waals surface area contributed by atoms with Gasteiger partial charge in [-0.1, -0.05) is 0 Å². The topological polar surface area (TPSA) is 98.2 Å². The number of alkyl halides is 6. The number of nitrogens with zero attached hydrogens (tertiary/aromatic N) is 4. The molecule has 1 atom stereocenters. The Balaban J connectivity index is 2.15. The number of aliphatic hydroxyl groups excluding tert-OH is 1. The Morgan fingerprint density at radius 3 is 2.34 bits per heavy atom. The number of anilines is 2. The number of β-amino-alcohol motifs (C(OH)–C–C–N with tert-alkyl or cyclic N) is 1. The minimum absolute atomic E-state index is 0.0658. The highest BCUT2D eigenvalue weighted by Crippen LogP contribution is 2.47. The zero-order valence-electron chi connectivity index (χ0n) is 22.4. The fraction of sp³-hybridized carbons (Fsp3) is 0.480. The number of aromatic nitrogens is 1. The van der Waals surface area contributed by atoms with Crippen LogP contribution in [0.2, 0.25) is 0 Å². The van der Waals surface area contributed by atoms with Crippen molar-refractivity contribution in [3.8, 4) is 5.75 Å². The summed E-state index contributed by atoms with van der Waals surface area (Å²) in [4.78, 5) is 32.8. The van der Waals surface area contributed by atoms with Gasteiger partial charge in [-0.3, -0.25) is 9.80 Å². The van der Waals surface area contributed by atoms with E-state index in [1.54, 1.807) is 0 Å². The summed E-state index contributed by atoms with van der Waals surface area (Å²) in [5, 5.41) is 12.7. The predicted octanol–water partition coefficient (Wildman–Crippen LogP) is 4.80. The molecule has 16 heteroatoms. The lowest BCUT2D eigenvalue weighted by Gasteiger charge is -2.28. The number of likely N-dealkylation sites (N-methyl/N-ethyl adjacent to an activating group) is 1. The molecule has 1 unspecified atom stereocenters. The number of amides is 3. The maximum atomic E-state index is 14.2. The maximum Gasteiger partial charge on any atom is 0.421 e. The first-order chi connectivity index (χ1) is 18.9. The van der Waals surface area contributed by atoms with E-state index in [0.29, 0.717) is 11.0 Å². The van der Waals surface area contributed by atoms with E-state index in [4.69, 9.17) is 4.74 Å². The number of carbonyl (C=O) groups is 2. The van der Waals surface area contributed by atoms with Gasteiger partial charge in [0.05, 0.1) is 23.0 Å². The standard InChI is InChI=1S/C25H28F7N5O4/c1-13(2)37(20-6-5-18(26)14(3)34-20)23(40)41-21-17(25(30,31)32)9-15(24(27,28)29)10-19(21)36-8-7-35(22(36)39)12-16(38)11-33-4/h5-6,9-10,13,16,33,38H,7-8,11-12H2,1-4H3. The van der Waals surface area contributed by atoms with E-state index >= 15 is 0 Å². The van der Waals surface area contributed by atoms with Crippen molar-refractivity contribution in [3.63, 3.8) is 0 Å². The molecule has 2 aromatic rings. The molecule has 226 valence electrons. The number of hydrogen-bond acceptors (Lipinski definition) is 6. The van der Waals surface area contributed by atoms with E-state index < -0.39 is 65.0 Å². The summed E-state index contributed by atoms with van der Waals surface area (Å²) in [6.45, 7) is 3.51. The molecule has 3 amide bonds. The number of benzene rings is 1. The zero-order valence-corrected chi connectivity index (χ0v) is 22.4. The number of aryl methyl sites for hydroxylation is 1. The van der Waals surface area contributed by atoms with Crippen LogP contribution in [0.4, 0.5) is 51.8 Å². The van der Waals surface area contributed by atoms with E-state index in [0.717, 1.165) is 21.9 Å². The van der Waals surface area contributed by atoms with E-state index in [-0.39, 0.29) is 43.8 Å². The lowest BCUT2D eigenvalue weighted by Crippen LogP contribution is -2.41. The molecule has 1 aliphatic heterocycles. The number of hydrogen-bond donors (Lipinski definition) is 2. The Hall–Kier alpha value is -3.66. The molecule has 1 saturated heterocycles. The minimum atomic E-state index is -5.44. The number of halogens is 7. The first kappa shape index (κ1) is 31.9. The number of pyridine rings is 1. The zero-order chi connectivity index (χ0) is 30.9. The van der Waals surface area contributed by atoms with Gasteiger partial charge in [-0.15, -0.1) is 0 Å². The molecule has 2 heterocycles. The summed E-state index contributed by atoms with van der Waals surface area (Å²) in [5.74, 6) is -2.23. The van der Waals surface area contributed by atoms with Crippen LogP contribution in [0.15, 0.2) is 24.3 Å². The molecule has 1 fully saturated rings.